The first-order chi connectivity index (χ1) is 11.0. The summed E-state index contributed by atoms with van der Waals surface area (Å²) in [6.07, 6.45) is 0.752. The second-order valence-corrected chi connectivity index (χ2v) is 6.74. The van der Waals surface area contributed by atoms with E-state index < -0.39 is 5.92 Å². The van der Waals surface area contributed by atoms with E-state index in [4.69, 9.17) is 4.52 Å². The van der Waals surface area contributed by atoms with Crippen molar-refractivity contribution in [1.29, 1.82) is 0 Å². The highest BCUT2D eigenvalue weighted by Gasteiger charge is 2.36. The minimum atomic E-state index is -2.57. The molecule has 1 amide bonds. The van der Waals surface area contributed by atoms with Gasteiger partial charge >= 0.3 is 0 Å². The minimum absolute atomic E-state index is 0.0889. The van der Waals surface area contributed by atoms with Gasteiger partial charge in [-0.1, -0.05) is 11.2 Å². The fourth-order valence-electron chi connectivity index (χ4n) is 2.61. The van der Waals surface area contributed by atoms with Gasteiger partial charge in [0.1, 0.15) is 0 Å². The van der Waals surface area contributed by atoms with E-state index >= 15 is 0 Å². The zero-order valence-electron chi connectivity index (χ0n) is 12.4. The lowest BCUT2D eigenvalue weighted by molar-refractivity contribution is -0.120. The number of carbonyl (C=O) groups is 1. The van der Waals surface area contributed by atoms with Crippen LogP contribution in [-0.4, -0.2) is 22.0 Å². The second kappa shape index (κ2) is 6.74. The van der Waals surface area contributed by atoms with Gasteiger partial charge in [-0.2, -0.15) is 4.98 Å². The summed E-state index contributed by atoms with van der Waals surface area (Å²) in [5.74, 6) is -2.02. The number of rotatable bonds is 5. The molecule has 3 rings (SSSR count). The van der Waals surface area contributed by atoms with Crippen molar-refractivity contribution >= 4 is 17.2 Å². The molecule has 0 unspecified atom stereocenters. The molecule has 0 bridgehead atoms. The molecule has 1 fully saturated rings. The Kier molecular flexibility index (Phi) is 4.70. The lowest BCUT2D eigenvalue weighted by Gasteiger charge is -2.26. The highest BCUT2D eigenvalue weighted by molar-refractivity contribution is 7.10. The van der Waals surface area contributed by atoms with Crippen molar-refractivity contribution < 1.29 is 18.1 Å². The van der Waals surface area contributed by atoms with Crippen LogP contribution in [0, 0.1) is 0 Å². The van der Waals surface area contributed by atoms with Crippen molar-refractivity contribution in [2.75, 3.05) is 0 Å². The van der Waals surface area contributed by atoms with E-state index in [1.807, 2.05) is 17.5 Å². The number of hydrogen-bond acceptors (Lipinski definition) is 5. The molecule has 1 saturated carbocycles. The van der Waals surface area contributed by atoms with Gasteiger partial charge < -0.3 is 9.84 Å². The van der Waals surface area contributed by atoms with Crippen molar-refractivity contribution in [3.05, 3.63) is 34.1 Å². The SMILES string of the molecule is O=C(Cc1cccs1)NCc1nc(C2CCC(F)(F)CC2)no1. The first-order valence-corrected chi connectivity index (χ1v) is 8.39. The fraction of sp³-hybridized carbons (Fsp3) is 0.533. The first-order valence-electron chi connectivity index (χ1n) is 7.51. The van der Waals surface area contributed by atoms with Gasteiger partial charge in [0.25, 0.3) is 0 Å². The van der Waals surface area contributed by atoms with Crippen molar-refractivity contribution in [2.45, 2.75) is 50.5 Å². The number of carbonyl (C=O) groups excluding carboxylic acids is 1. The Labute approximate surface area is 136 Å². The van der Waals surface area contributed by atoms with Crippen LogP contribution in [0.3, 0.4) is 0 Å². The van der Waals surface area contributed by atoms with Crippen LogP contribution in [-0.2, 0) is 17.8 Å². The van der Waals surface area contributed by atoms with Gasteiger partial charge in [-0.05, 0) is 24.3 Å². The molecular formula is C15H17F2N3O2S. The number of aromatic nitrogens is 2. The van der Waals surface area contributed by atoms with Crippen molar-refractivity contribution in [1.82, 2.24) is 15.5 Å². The van der Waals surface area contributed by atoms with E-state index in [0.717, 1.165) is 4.88 Å². The highest BCUT2D eigenvalue weighted by Crippen LogP contribution is 2.39. The third-order valence-corrected chi connectivity index (χ3v) is 4.79. The van der Waals surface area contributed by atoms with E-state index in [9.17, 15) is 13.6 Å². The Morgan fingerprint density at radius 2 is 2.22 bits per heavy atom. The second-order valence-electron chi connectivity index (χ2n) is 5.71. The van der Waals surface area contributed by atoms with Crippen LogP contribution in [0.1, 0.15) is 48.2 Å². The summed E-state index contributed by atoms with van der Waals surface area (Å²) in [5.41, 5.74) is 0. The number of nitrogens with zero attached hydrogens (tertiary/aromatic N) is 2. The van der Waals surface area contributed by atoms with E-state index in [1.54, 1.807) is 0 Å². The summed E-state index contributed by atoms with van der Waals surface area (Å²) in [4.78, 5) is 17.0. The van der Waals surface area contributed by atoms with Crippen LogP contribution >= 0.6 is 11.3 Å². The third kappa shape index (κ3) is 4.34. The first kappa shape index (κ1) is 16.0. The van der Waals surface area contributed by atoms with E-state index in [-0.39, 0.29) is 31.2 Å². The molecule has 23 heavy (non-hydrogen) atoms. The van der Waals surface area contributed by atoms with Crippen LogP contribution < -0.4 is 5.32 Å². The average molecular weight is 341 g/mol. The maximum Gasteiger partial charge on any atom is 0.248 e. The van der Waals surface area contributed by atoms with Gasteiger partial charge in [0.2, 0.25) is 17.7 Å². The van der Waals surface area contributed by atoms with Gasteiger partial charge in [0, 0.05) is 23.6 Å². The molecule has 2 aromatic heterocycles. The van der Waals surface area contributed by atoms with Gasteiger partial charge in [-0.15, -0.1) is 11.3 Å². The van der Waals surface area contributed by atoms with Gasteiger partial charge in [0.15, 0.2) is 5.82 Å². The normalized spacial score (nSPS) is 18.0. The van der Waals surface area contributed by atoms with Crippen LogP contribution in [0.4, 0.5) is 8.78 Å². The Morgan fingerprint density at radius 1 is 1.43 bits per heavy atom. The number of hydrogen-bond donors (Lipinski definition) is 1. The Hall–Kier alpha value is -1.83. The van der Waals surface area contributed by atoms with Crippen LogP contribution in [0.5, 0.6) is 0 Å². The monoisotopic (exact) mass is 341 g/mol. The molecule has 0 radical (unpaired) electrons. The van der Waals surface area contributed by atoms with Gasteiger partial charge in [-0.25, -0.2) is 8.78 Å². The topological polar surface area (TPSA) is 68.0 Å². The third-order valence-electron chi connectivity index (χ3n) is 3.92. The average Bonchev–Trinajstić information content (AvgIpc) is 3.17. The molecule has 0 aromatic carbocycles. The number of alkyl halides is 2. The molecule has 124 valence electrons. The summed E-state index contributed by atoms with van der Waals surface area (Å²) in [6, 6.07) is 3.79. The molecule has 1 aliphatic carbocycles. The van der Waals surface area contributed by atoms with Crippen molar-refractivity contribution in [3.8, 4) is 0 Å². The predicted octanol–water partition coefficient (Wildman–Crippen LogP) is 3.28. The van der Waals surface area contributed by atoms with Gasteiger partial charge in [0.05, 0.1) is 13.0 Å². The zero-order valence-corrected chi connectivity index (χ0v) is 13.2. The molecule has 0 spiro atoms. The molecule has 5 nitrogen and oxygen atoms in total. The van der Waals surface area contributed by atoms with E-state index in [2.05, 4.69) is 15.5 Å². The maximum atomic E-state index is 13.2. The number of nitrogens with one attached hydrogen (secondary N) is 1. The standard InChI is InChI=1S/C15H17F2N3O2S/c16-15(17)5-3-10(4-6-15)14-19-13(22-20-14)9-18-12(21)8-11-2-1-7-23-11/h1-2,7,10H,3-6,8-9H2,(H,18,21). The van der Waals surface area contributed by atoms with E-state index in [0.29, 0.717) is 31.0 Å². The highest BCUT2D eigenvalue weighted by atomic mass is 32.1. The Morgan fingerprint density at radius 3 is 2.91 bits per heavy atom. The summed E-state index contributed by atoms with van der Waals surface area (Å²) in [7, 11) is 0. The Balaban J connectivity index is 1.49. The molecule has 2 aromatic rings. The minimum Gasteiger partial charge on any atom is -0.347 e. The summed E-state index contributed by atoms with van der Waals surface area (Å²) in [5, 5.41) is 8.50. The Bertz CT molecular complexity index is 647. The number of thiophene rings is 1. The van der Waals surface area contributed by atoms with Crippen molar-refractivity contribution in [3.63, 3.8) is 0 Å². The largest absolute Gasteiger partial charge is 0.347 e. The fourth-order valence-corrected chi connectivity index (χ4v) is 3.32. The van der Waals surface area contributed by atoms with E-state index in [1.165, 1.54) is 11.3 Å². The predicted molar refractivity (Wildman–Crippen MR) is 80.3 cm³/mol. The van der Waals surface area contributed by atoms with Crippen LogP contribution in [0.25, 0.3) is 0 Å². The lowest BCUT2D eigenvalue weighted by Crippen LogP contribution is -2.25. The van der Waals surface area contributed by atoms with Crippen LogP contribution in [0.2, 0.25) is 0 Å². The zero-order chi connectivity index (χ0) is 16.3. The van der Waals surface area contributed by atoms with Crippen molar-refractivity contribution in [2.24, 2.45) is 0 Å². The number of amides is 1. The van der Waals surface area contributed by atoms with Crippen LogP contribution in [0.15, 0.2) is 22.0 Å². The molecule has 0 aliphatic heterocycles. The molecule has 2 heterocycles. The molecular weight excluding hydrogens is 324 g/mol. The maximum absolute atomic E-state index is 13.2. The smallest absolute Gasteiger partial charge is 0.248 e. The molecule has 8 heteroatoms. The summed E-state index contributed by atoms with van der Waals surface area (Å²) >= 11 is 1.52. The quantitative estimate of drug-likeness (QED) is 0.906. The molecule has 0 atom stereocenters. The number of halogens is 2. The molecule has 0 saturated heterocycles. The molecule has 1 aliphatic rings. The van der Waals surface area contributed by atoms with Gasteiger partial charge in [-0.3, -0.25) is 4.79 Å². The molecule has 1 N–H and O–H groups in total. The summed E-state index contributed by atoms with van der Waals surface area (Å²) in [6.45, 7) is 0.153. The summed E-state index contributed by atoms with van der Waals surface area (Å²) < 4.78 is 31.4. The lowest BCUT2D eigenvalue weighted by atomic mass is 9.86.